The molecule has 0 saturated carbocycles. The summed E-state index contributed by atoms with van der Waals surface area (Å²) >= 11 is 0. The van der Waals surface area contributed by atoms with Crippen molar-refractivity contribution in [2.24, 2.45) is 7.05 Å². The van der Waals surface area contributed by atoms with E-state index in [4.69, 9.17) is 10.5 Å². The fraction of sp³-hybridized carbons (Fsp3) is 0.125. The molecule has 0 bridgehead atoms. The van der Waals surface area contributed by atoms with Crippen LogP contribution in [0.15, 0.2) is 42.7 Å². The molecule has 0 saturated heterocycles. The molecule has 0 aliphatic rings. The van der Waals surface area contributed by atoms with Gasteiger partial charge in [0.2, 0.25) is 0 Å². The molecule has 0 atom stereocenters. The number of nitrogens with two attached hydrogens (primary N) is 1. The zero-order valence-electron chi connectivity index (χ0n) is 13.0. The van der Waals surface area contributed by atoms with Gasteiger partial charge in [0.05, 0.1) is 23.1 Å². The van der Waals surface area contributed by atoms with Crippen LogP contribution in [-0.4, -0.2) is 30.2 Å². The van der Waals surface area contributed by atoms with Gasteiger partial charge in [-0.1, -0.05) is 11.3 Å². The second kappa shape index (κ2) is 5.65. The molecule has 3 N–H and O–H groups in total. The summed E-state index contributed by atoms with van der Waals surface area (Å²) in [7, 11) is 1.82. The number of rotatable bonds is 4. The maximum atomic E-state index is 5.93. The average molecular weight is 321 g/mol. The van der Waals surface area contributed by atoms with Crippen molar-refractivity contribution >= 4 is 16.7 Å². The lowest BCUT2D eigenvalue weighted by Gasteiger charge is -2.11. The summed E-state index contributed by atoms with van der Waals surface area (Å²) in [6, 6.07) is 9.54. The number of aromatic amines is 1. The minimum absolute atomic E-state index is 0.352. The van der Waals surface area contributed by atoms with Crippen molar-refractivity contribution in [1.82, 2.24) is 30.2 Å². The van der Waals surface area contributed by atoms with E-state index < -0.39 is 0 Å². The number of nitrogens with one attached hydrogen (secondary N) is 1. The van der Waals surface area contributed by atoms with Crippen molar-refractivity contribution in [1.29, 1.82) is 0 Å². The molecule has 4 aromatic rings. The summed E-state index contributed by atoms with van der Waals surface area (Å²) in [5.41, 5.74) is 9.47. The van der Waals surface area contributed by atoms with Crippen LogP contribution in [0.5, 0.6) is 5.75 Å². The van der Waals surface area contributed by atoms with Gasteiger partial charge < -0.3 is 10.5 Å². The standard InChI is InChI=1S/C16H15N7O/c1-23-11(8-19-22-23)9-24-15-7-16(17)20-14-6-10(2-3-12(14)15)13-4-5-18-21-13/h2-8H,9H2,1H3,(H2,17,20)(H,18,21). The molecular weight excluding hydrogens is 306 g/mol. The molecule has 8 heteroatoms. The van der Waals surface area contributed by atoms with Gasteiger partial charge in [0.25, 0.3) is 0 Å². The quantitative estimate of drug-likeness (QED) is 0.594. The largest absolute Gasteiger partial charge is 0.486 e. The van der Waals surface area contributed by atoms with Crippen LogP contribution in [0.3, 0.4) is 0 Å². The van der Waals surface area contributed by atoms with Gasteiger partial charge in [0.15, 0.2) is 0 Å². The van der Waals surface area contributed by atoms with E-state index >= 15 is 0 Å². The van der Waals surface area contributed by atoms with E-state index in [0.717, 1.165) is 27.9 Å². The number of aryl methyl sites for hydroxylation is 1. The lowest BCUT2D eigenvalue weighted by atomic mass is 10.1. The zero-order valence-corrected chi connectivity index (χ0v) is 13.0. The number of pyridine rings is 1. The van der Waals surface area contributed by atoms with Gasteiger partial charge in [0, 0.05) is 30.3 Å². The van der Waals surface area contributed by atoms with Crippen LogP contribution in [-0.2, 0) is 13.7 Å². The third-order valence-corrected chi connectivity index (χ3v) is 3.79. The van der Waals surface area contributed by atoms with E-state index in [1.165, 1.54) is 0 Å². The summed E-state index contributed by atoms with van der Waals surface area (Å²) in [4.78, 5) is 4.40. The summed E-state index contributed by atoms with van der Waals surface area (Å²) in [5.74, 6) is 1.08. The minimum atomic E-state index is 0.352. The predicted molar refractivity (Wildman–Crippen MR) is 89.1 cm³/mol. The third kappa shape index (κ3) is 2.54. The Morgan fingerprint density at radius 2 is 2.17 bits per heavy atom. The zero-order chi connectivity index (χ0) is 16.5. The van der Waals surface area contributed by atoms with E-state index in [1.54, 1.807) is 23.1 Å². The number of H-pyrrole nitrogens is 1. The highest BCUT2D eigenvalue weighted by Gasteiger charge is 2.09. The Labute approximate surface area is 137 Å². The van der Waals surface area contributed by atoms with Crippen LogP contribution < -0.4 is 10.5 Å². The van der Waals surface area contributed by atoms with E-state index in [9.17, 15) is 0 Å². The number of ether oxygens (including phenoxy) is 1. The predicted octanol–water partition coefficient (Wildman–Crippen LogP) is 1.91. The number of aromatic nitrogens is 6. The molecule has 8 nitrogen and oxygen atoms in total. The SMILES string of the molecule is Cn1nncc1COc1cc(N)nc2cc(-c3ccn[nH]3)ccc12. The summed E-state index contributed by atoms with van der Waals surface area (Å²) in [6.45, 7) is 0.352. The molecule has 1 aromatic carbocycles. The molecule has 120 valence electrons. The number of hydrogen-bond acceptors (Lipinski definition) is 6. The van der Waals surface area contributed by atoms with Gasteiger partial charge in [-0.3, -0.25) is 5.10 Å². The van der Waals surface area contributed by atoms with Crippen molar-refractivity contribution in [3.8, 4) is 17.0 Å². The Bertz CT molecular complexity index is 991. The van der Waals surface area contributed by atoms with Crippen molar-refractivity contribution in [2.45, 2.75) is 6.61 Å². The Balaban J connectivity index is 1.71. The molecule has 0 radical (unpaired) electrons. The van der Waals surface area contributed by atoms with Crippen molar-refractivity contribution in [2.75, 3.05) is 5.73 Å². The highest BCUT2D eigenvalue weighted by atomic mass is 16.5. The van der Waals surface area contributed by atoms with Gasteiger partial charge >= 0.3 is 0 Å². The molecule has 4 rings (SSSR count). The van der Waals surface area contributed by atoms with Gasteiger partial charge in [-0.2, -0.15) is 5.10 Å². The van der Waals surface area contributed by atoms with E-state index in [0.29, 0.717) is 18.2 Å². The van der Waals surface area contributed by atoms with E-state index in [-0.39, 0.29) is 0 Å². The molecule has 0 amide bonds. The second-order valence-electron chi connectivity index (χ2n) is 5.39. The minimum Gasteiger partial charge on any atom is -0.486 e. The maximum absolute atomic E-state index is 5.93. The number of anilines is 1. The molecular formula is C16H15N7O. The van der Waals surface area contributed by atoms with Crippen LogP contribution in [0.25, 0.3) is 22.2 Å². The Hall–Kier alpha value is -3.42. The summed E-state index contributed by atoms with van der Waals surface area (Å²) < 4.78 is 7.58. The maximum Gasteiger partial charge on any atom is 0.132 e. The average Bonchev–Trinajstić information content (AvgIpc) is 3.23. The fourth-order valence-corrected chi connectivity index (χ4v) is 2.51. The second-order valence-corrected chi connectivity index (χ2v) is 5.39. The molecule has 0 aliphatic heterocycles. The Morgan fingerprint density at radius 1 is 1.25 bits per heavy atom. The van der Waals surface area contributed by atoms with Crippen LogP contribution in [0.1, 0.15) is 5.69 Å². The normalized spacial score (nSPS) is 11.0. The smallest absolute Gasteiger partial charge is 0.132 e. The highest BCUT2D eigenvalue weighted by molar-refractivity contribution is 5.89. The molecule has 3 heterocycles. The summed E-state index contributed by atoms with van der Waals surface area (Å²) in [6.07, 6.45) is 3.38. The highest BCUT2D eigenvalue weighted by Crippen LogP contribution is 2.30. The number of nitrogens with zero attached hydrogens (tertiary/aromatic N) is 5. The Morgan fingerprint density at radius 3 is 2.92 bits per heavy atom. The molecule has 24 heavy (non-hydrogen) atoms. The first-order chi connectivity index (χ1) is 11.7. The number of nitrogen functional groups attached to an aromatic ring is 1. The van der Waals surface area contributed by atoms with Crippen LogP contribution in [0.4, 0.5) is 5.82 Å². The van der Waals surface area contributed by atoms with Gasteiger partial charge in [-0.25, -0.2) is 9.67 Å². The lowest BCUT2D eigenvalue weighted by molar-refractivity contribution is 0.298. The first-order valence-corrected chi connectivity index (χ1v) is 7.37. The number of benzene rings is 1. The molecule has 0 fully saturated rings. The van der Waals surface area contributed by atoms with Crippen molar-refractivity contribution in [3.63, 3.8) is 0 Å². The number of fused-ring (bicyclic) bond motifs is 1. The Kier molecular flexibility index (Phi) is 3.34. The van der Waals surface area contributed by atoms with Gasteiger partial charge in [-0.05, 0) is 18.2 Å². The molecule has 0 aliphatic carbocycles. The van der Waals surface area contributed by atoms with Gasteiger partial charge in [-0.15, -0.1) is 5.10 Å². The first kappa shape index (κ1) is 14.2. The first-order valence-electron chi connectivity index (χ1n) is 7.37. The van der Waals surface area contributed by atoms with Crippen molar-refractivity contribution in [3.05, 3.63) is 48.4 Å². The molecule has 0 unspecified atom stereocenters. The monoisotopic (exact) mass is 321 g/mol. The van der Waals surface area contributed by atoms with E-state index in [1.807, 2.05) is 31.3 Å². The molecule has 0 spiro atoms. The topological polar surface area (TPSA) is 108 Å². The lowest BCUT2D eigenvalue weighted by Crippen LogP contribution is -2.04. The fourth-order valence-electron chi connectivity index (χ4n) is 2.51. The van der Waals surface area contributed by atoms with Gasteiger partial charge in [0.1, 0.15) is 18.2 Å². The van der Waals surface area contributed by atoms with Crippen LogP contribution in [0, 0.1) is 0 Å². The summed E-state index contributed by atoms with van der Waals surface area (Å²) in [5, 5.41) is 15.5. The van der Waals surface area contributed by atoms with E-state index in [2.05, 4.69) is 25.5 Å². The van der Waals surface area contributed by atoms with Crippen LogP contribution in [0.2, 0.25) is 0 Å². The van der Waals surface area contributed by atoms with Crippen LogP contribution >= 0.6 is 0 Å². The number of hydrogen-bond donors (Lipinski definition) is 2. The molecule has 3 aromatic heterocycles. The third-order valence-electron chi connectivity index (χ3n) is 3.79. The van der Waals surface area contributed by atoms with Crippen molar-refractivity contribution < 1.29 is 4.74 Å².